The number of piperidine rings is 1. The van der Waals surface area contributed by atoms with Crippen molar-refractivity contribution in [1.82, 2.24) is 20.0 Å². The van der Waals surface area contributed by atoms with E-state index in [0.29, 0.717) is 0 Å². The molecule has 8 nitrogen and oxygen atoms in total. The van der Waals surface area contributed by atoms with Crippen molar-refractivity contribution in [2.24, 2.45) is 21.8 Å². The van der Waals surface area contributed by atoms with Crippen molar-refractivity contribution in [1.29, 1.82) is 0 Å². The highest BCUT2D eigenvalue weighted by molar-refractivity contribution is 6.38. The fourth-order valence-electron chi connectivity index (χ4n) is 5.88. The SMILES string of the molecule is COC1=CC(N(CC2CC2)C2=CCC3N=CC(c4cnn(CCC5CCNCC5)c4)=NC3=C2)CC(OC)=C1. The molecule has 1 saturated carbocycles. The van der Waals surface area contributed by atoms with E-state index in [1.165, 1.54) is 37.8 Å². The first-order chi connectivity index (χ1) is 18.7. The second kappa shape index (κ2) is 11.3. The van der Waals surface area contributed by atoms with Crippen molar-refractivity contribution in [2.45, 2.75) is 63.6 Å². The van der Waals surface area contributed by atoms with Gasteiger partial charge in [0.2, 0.25) is 0 Å². The molecule has 0 radical (unpaired) electrons. The zero-order chi connectivity index (χ0) is 25.9. The Morgan fingerprint density at radius 2 is 1.95 bits per heavy atom. The summed E-state index contributed by atoms with van der Waals surface area (Å²) in [6.45, 7) is 4.28. The lowest BCUT2D eigenvalue weighted by molar-refractivity contribution is 0.208. The molecule has 0 amide bonds. The minimum Gasteiger partial charge on any atom is -0.501 e. The zero-order valence-electron chi connectivity index (χ0n) is 22.7. The van der Waals surface area contributed by atoms with Crippen LogP contribution in [0.15, 0.2) is 69.6 Å². The molecule has 1 aromatic rings. The van der Waals surface area contributed by atoms with E-state index in [9.17, 15) is 0 Å². The third kappa shape index (κ3) is 5.80. The van der Waals surface area contributed by atoms with Crippen molar-refractivity contribution in [3.05, 3.63) is 65.2 Å². The van der Waals surface area contributed by atoms with Gasteiger partial charge in [0.15, 0.2) is 0 Å². The maximum Gasteiger partial charge on any atom is 0.120 e. The number of rotatable bonds is 10. The Balaban J connectivity index is 1.18. The summed E-state index contributed by atoms with van der Waals surface area (Å²) >= 11 is 0. The van der Waals surface area contributed by atoms with E-state index in [4.69, 9.17) is 19.5 Å². The van der Waals surface area contributed by atoms with Crippen molar-refractivity contribution in [2.75, 3.05) is 33.9 Å². The van der Waals surface area contributed by atoms with E-state index in [0.717, 1.165) is 79.3 Å². The van der Waals surface area contributed by atoms with Gasteiger partial charge in [-0.1, -0.05) is 6.08 Å². The lowest BCUT2D eigenvalue weighted by atomic mass is 9.95. The van der Waals surface area contributed by atoms with Gasteiger partial charge in [-0.2, -0.15) is 5.10 Å². The van der Waals surface area contributed by atoms with Crippen LogP contribution in [-0.2, 0) is 16.0 Å². The van der Waals surface area contributed by atoms with Gasteiger partial charge in [0.05, 0.1) is 43.9 Å². The van der Waals surface area contributed by atoms with E-state index < -0.39 is 0 Å². The van der Waals surface area contributed by atoms with E-state index in [1.54, 1.807) is 14.2 Å². The highest BCUT2D eigenvalue weighted by atomic mass is 16.5. The number of aliphatic imine (C=N–C) groups is 2. The fraction of sp³-hybridized carbons (Fsp3) is 0.567. The Hall–Kier alpha value is -3.13. The summed E-state index contributed by atoms with van der Waals surface area (Å²) < 4.78 is 13.3. The Morgan fingerprint density at radius 3 is 2.74 bits per heavy atom. The largest absolute Gasteiger partial charge is 0.501 e. The number of hydrogen-bond acceptors (Lipinski definition) is 7. The smallest absolute Gasteiger partial charge is 0.120 e. The molecule has 0 aromatic carbocycles. The lowest BCUT2D eigenvalue weighted by Gasteiger charge is -2.37. The van der Waals surface area contributed by atoms with E-state index >= 15 is 0 Å². The summed E-state index contributed by atoms with van der Waals surface area (Å²) in [5.41, 5.74) is 4.21. The second-order valence-electron chi connectivity index (χ2n) is 11.2. The fourth-order valence-corrected chi connectivity index (χ4v) is 5.88. The monoisotopic (exact) mass is 516 g/mol. The first-order valence-corrected chi connectivity index (χ1v) is 14.2. The maximum absolute atomic E-state index is 5.64. The zero-order valence-corrected chi connectivity index (χ0v) is 22.7. The van der Waals surface area contributed by atoms with Gasteiger partial charge < -0.3 is 19.7 Å². The number of aromatic nitrogens is 2. The summed E-state index contributed by atoms with van der Waals surface area (Å²) in [5, 5.41) is 8.09. The van der Waals surface area contributed by atoms with Crippen LogP contribution in [0.5, 0.6) is 0 Å². The van der Waals surface area contributed by atoms with Gasteiger partial charge in [-0.3, -0.25) is 9.67 Å². The van der Waals surface area contributed by atoms with E-state index in [1.807, 2.05) is 18.5 Å². The van der Waals surface area contributed by atoms with Crippen molar-refractivity contribution in [3.8, 4) is 0 Å². The van der Waals surface area contributed by atoms with Crippen molar-refractivity contribution in [3.63, 3.8) is 0 Å². The van der Waals surface area contributed by atoms with Gasteiger partial charge in [0.1, 0.15) is 11.5 Å². The minimum absolute atomic E-state index is 0.0890. The number of ether oxygens (including phenoxy) is 2. The Bertz CT molecular complexity index is 1190. The van der Waals surface area contributed by atoms with Crippen molar-refractivity contribution < 1.29 is 9.47 Å². The predicted octanol–water partition coefficient (Wildman–Crippen LogP) is 4.23. The van der Waals surface area contributed by atoms with Gasteiger partial charge in [-0.25, -0.2) is 4.99 Å². The molecule has 38 heavy (non-hydrogen) atoms. The van der Waals surface area contributed by atoms with Crippen LogP contribution in [0.25, 0.3) is 0 Å². The van der Waals surface area contributed by atoms with Crippen molar-refractivity contribution >= 4 is 11.9 Å². The molecule has 2 fully saturated rings. The second-order valence-corrected chi connectivity index (χ2v) is 11.2. The van der Waals surface area contributed by atoms with Crippen LogP contribution in [0, 0.1) is 11.8 Å². The van der Waals surface area contributed by atoms with Gasteiger partial charge in [0, 0.05) is 49.3 Å². The van der Waals surface area contributed by atoms with Crippen LogP contribution in [-0.4, -0.2) is 72.5 Å². The summed E-state index contributed by atoms with van der Waals surface area (Å²) in [6.07, 6.45) is 22.8. The molecule has 3 aliphatic carbocycles. The molecule has 1 N–H and O–H groups in total. The molecule has 202 valence electrons. The molecule has 3 heterocycles. The number of allylic oxidation sites excluding steroid dienone is 2. The molecule has 0 spiro atoms. The Morgan fingerprint density at radius 1 is 1.08 bits per heavy atom. The number of aryl methyl sites for hydroxylation is 1. The number of nitrogens with zero attached hydrogens (tertiary/aromatic N) is 5. The van der Waals surface area contributed by atoms with Gasteiger partial charge in [-0.05, 0) is 75.6 Å². The molecule has 5 aliphatic rings. The predicted molar refractivity (Wildman–Crippen MR) is 150 cm³/mol. The highest BCUT2D eigenvalue weighted by Crippen LogP contribution is 2.36. The van der Waals surface area contributed by atoms with Crippen LogP contribution in [0.1, 0.15) is 50.5 Å². The minimum atomic E-state index is 0.0890. The summed E-state index contributed by atoms with van der Waals surface area (Å²) in [7, 11) is 3.46. The van der Waals surface area contributed by atoms with E-state index in [-0.39, 0.29) is 12.1 Å². The summed E-state index contributed by atoms with van der Waals surface area (Å²) in [5.74, 6) is 3.36. The molecule has 1 aromatic heterocycles. The number of nitrogens with one attached hydrogen (secondary N) is 1. The number of fused-ring (bicyclic) bond motifs is 1. The number of methoxy groups -OCH3 is 2. The number of hydrogen-bond donors (Lipinski definition) is 1. The molecule has 2 aliphatic heterocycles. The molecule has 2 atom stereocenters. The van der Waals surface area contributed by atoms with Gasteiger partial charge in [-0.15, -0.1) is 0 Å². The summed E-state index contributed by atoms with van der Waals surface area (Å²) in [6, 6.07) is 0.282. The maximum atomic E-state index is 5.64. The van der Waals surface area contributed by atoms with Gasteiger partial charge in [0.25, 0.3) is 0 Å². The Labute approximate surface area is 225 Å². The third-order valence-corrected chi connectivity index (χ3v) is 8.42. The van der Waals surface area contributed by atoms with Crippen LogP contribution in [0.4, 0.5) is 0 Å². The third-order valence-electron chi connectivity index (χ3n) is 8.42. The topological polar surface area (TPSA) is 76.3 Å². The van der Waals surface area contributed by atoms with E-state index in [2.05, 4.69) is 44.4 Å². The molecule has 6 rings (SSSR count). The molecule has 2 unspecified atom stereocenters. The lowest BCUT2D eigenvalue weighted by Crippen LogP contribution is -2.37. The Kier molecular flexibility index (Phi) is 7.49. The van der Waals surface area contributed by atoms with Crippen LogP contribution in [0.3, 0.4) is 0 Å². The first kappa shape index (κ1) is 25.2. The highest BCUT2D eigenvalue weighted by Gasteiger charge is 2.32. The first-order valence-electron chi connectivity index (χ1n) is 14.2. The quantitative estimate of drug-likeness (QED) is 0.504. The average Bonchev–Trinajstić information content (AvgIpc) is 3.68. The molecular weight excluding hydrogens is 476 g/mol. The molecule has 0 bridgehead atoms. The average molecular weight is 517 g/mol. The van der Waals surface area contributed by atoms with Gasteiger partial charge >= 0.3 is 0 Å². The van der Waals surface area contributed by atoms with Crippen LogP contribution >= 0.6 is 0 Å². The molecule has 1 saturated heterocycles. The van der Waals surface area contributed by atoms with Crippen LogP contribution < -0.4 is 5.32 Å². The van der Waals surface area contributed by atoms with Crippen LogP contribution in [0.2, 0.25) is 0 Å². The standard InChI is InChI=1S/C30H40N6O2/c1-37-26-13-25(14-27(16-26)38-2)36(19-22-3-4-22)24-5-6-28-29(15-24)34-30(18-32-28)23-17-33-35(20-23)12-9-21-7-10-31-11-8-21/h5,13,15-18,20-22,25,28,31H,3-4,6-12,14,19H2,1-2H3. The molecular formula is C30H40N6O2. The summed E-state index contributed by atoms with van der Waals surface area (Å²) in [4.78, 5) is 12.5. The normalized spacial score (nSPS) is 25.5. The molecule has 8 heteroatoms.